The van der Waals surface area contributed by atoms with Gasteiger partial charge in [0.2, 0.25) is 0 Å². The molecule has 0 spiro atoms. The zero-order valence-corrected chi connectivity index (χ0v) is 31.8. The molecule has 4 atom stereocenters. The van der Waals surface area contributed by atoms with E-state index >= 15 is 0 Å². The zero-order chi connectivity index (χ0) is 35.1. The molecule has 6 heteroatoms. The Kier molecular flexibility index (Phi) is 13.7. The zero-order valence-electron chi connectivity index (χ0n) is 31.8. The predicted molar refractivity (Wildman–Crippen MR) is 198 cm³/mol. The molecule has 2 fully saturated rings. The first kappa shape index (κ1) is 38.6. The molecule has 2 aliphatic rings. The molecule has 2 heterocycles. The molecule has 0 saturated carbocycles. The van der Waals surface area contributed by atoms with Crippen molar-refractivity contribution >= 4 is 5.97 Å². The van der Waals surface area contributed by atoms with Gasteiger partial charge in [0.25, 0.3) is 0 Å². The molecular weight excluding hydrogens is 596 g/mol. The van der Waals surface area contributed by atoms with Crippen LogP contribution in [0.25, 0.3) is 11.1 Å². The van der Waals surface area contributed by atoms with E-state index in [-0.39, 0.29) is 29.3 Å². The molecule has 2 aliphatic heterocycles. The van der Waals surface area contributed by atoms with Crippen molar-refractivity contribution in [1.29, 1.82) is 0 Å². The van der Waals surface area contributed by atoms with Gasteiger partial charge in [-0.25, -0.2) is 4.79 Å². The molecule has 0 aromatic heterocycles. The number of carbonyl (C=O) groups is 1. The molecule has 268 valence electrons. The van der Waals surface area contributed by atoms with E-state index in [0.717, 1.165) is 48.9 Å². The van der Waals surface area contributed by atoms with Gasteiger partial charge in [0, 0.05) is 36.0 Å². The quantitative estimate of drug-likeness (QED) is 0.116. The minimum atomic E-state index is -0.215. The number of esters is 1. The van der Waals surface area contributed by atoms with E-state index < -0.39 is 0 Å². The second-order valence-electron chi connectivity index (χ2n) is 16.6. The number of unbranched alkanes of at least 4 members (excludes halogenated alkanes) is 2. The van der Waals surface area contributed by atoms with Gasteiger partial charge in [-0.15, -0.1) is 0 Å². The van der Waals surface area contributed by atoms with Crippen molar-refractivity contribution < 1.29 is 19.0 Å². The van der Waals surface area contributed by atoms with E-state index in [1.807, 2.05) is 24.3 Å². The van der Waals surface area contributed by atoms with Crippen LogP contribution < -0.4 is 5.32 Å². The minimum absolute atomic E-state index is 0.0375. The van der Waals surface area contributed by atoms with Gasteiger partial charge in [-0.05, 0) is 93.2 Å². The van der Waals surface area contributed by atoms with E-state index in [2.05, 4.69) is 104 Å². The lowest BCUT2D eigenvalue weighted by Gasteiger charge is -2.50. The van der Waals surface area contributed by atoms with Crippen LogP contribution in [-0.2, 0) is 20.8 Å². The SMILES string of the molecule is CCCCCN1C(C(C)C)CC(OC(=O)c2ccc(-c3ccc(COCOC4CC(C)(C)NC(C)(C(C)C)C4)cc3)cc2)CC1C(C)C. The first-order valence-electron chi connectivity index (χ1n) is 18.9. The van der Waals surface area contributed by atoms with Crippen LogP contribution in [0.5, 0.6) is 0 Å². The molecule has 4 rings (SSSR count). The molecule has 6 nitrogen and oxygen atoms in total. The molecule has 1 N–H and O–H groups in total. The third-order valence-corrected chi connectivity index (χ3v) is 11.0. The molecule has 4 unspecified atom stereocenters. The van der Waals surface area contributed by atoms with Crippen molar-refractivity contribution in [2.24, 2.45) is 17.8 Å². The number of piperidine rings is 2. The number of hydrogen-bond acceptors (Lipinski definition) is 6. The number of likely N-dealkylation sites (tertiary alicyclic amines) is 1. The van der Waals surface area contributed by atoms with Crippen LogP contribution in [0, 0.1) is 17.8 Å². The summed E-state index contributed by atoms with van der Waals surface area (Å²) in [5.41, 5.74) is 3.99. The Hall–Kier alpha value is -2.25. The maximum absolute atomic E-state index is 13.3. The molecule has 0 amide bonds. The van der Waals surface area contributed by atoms with Gasteiger partial charge in [-0.3, -0.25) is 4.90 Å². The fraction of sp³-hybridized carbons (Fsp3) is 0.690. The topological polar surface area (TPSA) is 60.0 Å². The van der Waals surface area contributed by atoms with Gasteiger partial charge in [0.05, 0.1) is 18.3 Å². The van der Waals surface area contributed by atoms with E-state index in [9.17, 15) is 4.79 Å². The van der Waals surface area contributed by atoms with Crippen molar-refractivity contribution in [2.75, 3.05) is 13.3 Å². The number of rotatable bonds is 15. The van der Waals surface area contributed by atoms with Crippen LogP contribution in [0.3, 0.4) is 0 Å². The summed E-state index contributed by atoms with van der Waals surface area (Å²) in [6.45, 7) is 24.8. The Morgan fingerprint density at radius 3 is 1.96 bits per heavy atom. The van der Waals surface area contributed by atoms with E-state index in [0.29, 0.717) is 48.8 Å². The summed E-state index contributed by atoms with van der Waals surface area (Å²) in [6, 6.07) is 17.1. The lowest BCUT2D eigenvalue weighted by atomic mass is 9.74. The Morgan fingerprint density at radius 2 is 1.42 bits per heavy atom. The highest BCUT2D eigenvalue weighted by Gasteiger charge is 2.43. The number of hydrogen-bond donors (Lipinski definition) is 1. The number of ether oxygens (including phenoxy) is 3. The van der Waals surface area contributed by atoms with Gasteiger partial charge >= 0.3 is 5.97 Å². The molecule has 2 saturated heterocycles. The summed E-state index contributed by atoms with van der Waals surface area (Å²) in [6.07, 6.45) is 7.64. The van der Waals surface area contributed by atoms with Crippen molar-refractivity contribution in [3.63, 3.8) is 0 Å². The minimum Gasteiger partial charge on any atom is -0.459 e. The van der Waals surface area contributed by atoms with Crippen LogP contribution >= 0.6 is 0 Å². The van der Waals surface area contributed by atoms with Crippen LogP contribution in [0.2, 0.25) is 0 Å². The molecule has 2 aromatic rings. The van der Waals surface area contributed by atoms with Gasteiger partial charge in [-0.1, -0.05) is 97.7 Å². The van der Waals surface area contributed by atoms with E-state index in [4.69, 9.17) is 14.2 Å². The van der Waals surface area contributed by atoms with Gasteiger partial charge in [-0.2, -0.15) is 0 Å². The molecule has 0 radical (unpaired) electrons. The van der Waals surface area contributed by atoms with Gasteiger partial charge in [0.1, 0.15) is 12.9 Å². The average Bonchev–Trinajstić information content (AvgIpc) is 3.02. The maximum atomic E-state index is 13.3. The van der Waals surface area contributed by atoms with Crippen LogP contribution in [0.15, 0.2) is 48.5 Å². The monoisotopic (exact) mass is 663 g/mol. The molecule has 0 bridgehead atoms. The van der Waals surface area contributed by atoms with Crippen molar-refractivity contribution in [1.82, 2.24) is 10.2 Å². The summed E-state index contributed by atoms with van der Waals surface area (Å²) in [4.78, 5) is 16.0. The fourth-order valence-corrected chi connectivity index (χ4v) is 8.04. The molecule has 2 aromatic carbocycles. The highest BCUT2D eigenvalue weighted by molar-refractivity contribution is 5.90. The number of carbonyl (C=O) groups excluding carboxylic acids is 1. The molecule has 0 aliphatic carbocycles. The highest BCUT2D eigenvalue weighted by atomic mass is 16.7. The predicted octanol–water partition coefficient (Wildman–Crippen LogP) is 9.65. The summed E-state index contributed by atoms with van der Waals surface area (Å²) >= 11 is 0. The lowest BCUT2D eigenvalue weighted by molar-refractivity contribution is -0.125. The summed E-state index contributed by atoms with van der Waals surface area (Å²) in [5.74, 6) is 1.35. The highest BCUT2D eigenvalue weighted by Crippen LogP contribution is 2.36. The standard InChI is InChI=1S/C42H66N2O4/c1-11-12-13-22-44-38(29(2)3)23-36(24-39(44)30(4)5)48-40(45)35-20-18-34(19-21-35)33-16-14-32(15-17-33)27-46-28-47-37-25-41(8,9)43-42(10,26-37)31(6)7/h14-21,29-31,36-39,43H,11-13,22-28H2,1-10H3. The summed E-state index contributed by atoms with van der Waals surface area (Å²) in [7, 11) is 0. The maximum Gasteiger partial charge on any atom is 0.338 e. The normalized spacial score (nSPS) is 26.4. The van der Waals surface area contributed by atoms with Gasteiger partial charge in [0.15, 0.2) is 0 Å². The Balaban J connectivity index is 1.28. The van der Waals surface area contributed by atoms with Crippen LogP contribution in [-0.4, -0.2) is 59.6 Å². The number of nitrogens with zero attached hydrogens (tertiary/aromatic N) is 1. The molecular formula is C42H66N2O4. The first-order chi connectivity index (χ1) is 22.7. The largest absolute Gasteiger partial charge is 0.459 e. The Labute approximate surface area is 292 Å². The smallest absolute Gasteiger partial charge is 0.338 e. The second-order valence-corrected chi connectivity index (χ2v) is 16.6. The summed E-state index contributed by atoms with van der Waals surface area (Å²) < 4.78 is 18.3. The third-order valence-electron chi connectivity index (χ3n) is 11.0. The second kappa shape index (κ2) is 17.1. The van der Waals surface area contributed by atoms with E-state index in [1.165, 1.54) is 19.3 Å². The Bertz CT molecular complexity index is 1250. The lowest BCUT2D eigenvalue weighted by Crippen LogP contribution is -2.63. The summed E-state index contributed by atoms with van der Waals surface area (Å²) in [5, 5.41) is 3.83. The average molecular weight is 663 g/mol. The van der Waals surface area contributed by atoms with Crippen molar-refractivity contribution in [3.05, 3.63) is 59.7 Å². The Morgan fingerprint density at radius 1 is 0.833 bits per heavy atom. The molecule has 48 heavy (non-hydrogen) atoms. The third kappa shape index (κ3) is 10.4. The van der Waals surface area contributed by atoms with Gasteiger partial charge < -0.3 is 19.5 Å². The number of nitrogens with one attached hydrogen (secondary N) is 1. The van der Waals surface area contributed by atoms with Crippen LogP contribution in [0.4, 0.5) is 0 Å². The fourth-order valence-electron chi connectivity index (χ4n) is 8.04. The van der Waals surface area contributed by atoms with Crippen molar-refractivity contribution in [2.45, 2.75) is 156 Å². The van der Waals surface area contributed by atoms with Crippen molar-refractivity contribution in [3.8, 4) is 11.1 Å². The van der Waals surface area contributed by atoms with E-state index in [1.54, 1.807) is 0 Å². The van der Waals surface area contributed by atoms with Crippen LogP contribution in [0.1, 0.15) is 130 Å². The number of benzene rings is 2. The first-order valence-corrected chi connectivity index (χ1v) is 18.9.